The molecule has 1 aromatic heterocycles. The minimum Gasteiger partial charge on any atom is -0.378 e. The standard InChI is InChI=1S/C20H27N3O2/c1-4-18-19(15(3)25-22-18)14(2)21-17-10-8-9-16(13-17)20(24)23-11-6-5-7-12-23/h8-10,13-14,21H,4-7,11-12H2,1-3H3. The average molecular weight is 341 g/mol. The lowest BCUT2D eigenvalue weighted by Gasteiger charge is -2.27. The summed E-state index contributed by atoms with van der Waals surface area (Å²) in [7, 11) is 0. The van der Waals surface area contributed by atoms with Crippen molar-refractivity contribution in [3.63, 3.8) is 0 Å². The van der Waals surface area contributed by atoms with Gasteiger partial charge in [-0.15, -0.1) is 0 Å². The largest absolute Gasteiger partial charge is 0.378 e. The van der Waals surface area contributed by atoms with Crippen LogP contribution >= 0.6 is 0 Å². The van der Waals surface area contributed by atoms with Gasteiger partial charge in [0.05, 0.1) is 11.7 Å². The first-order valence-corrected chi connectivity index (χ1v) is 9.21. The van der Waals surface area contributed by atoms with Gasteiger partial charge < -0.3 is 14.7 Å². The summed E-state index contributed by atoms with van der Waals surface area (Å²) >= 11 is 0. The van der Waals surface area contributed by atoms with Gasteiger partial charge in [0.2, 0.25) is 0 Å². The molecule has 5 nitrogen and oxygen atoms in total. The summed E-state index contributed by atoms with van der Waals surface area (Å²) in [5.74, 6) is 0.976. The Balaban J connectivity index is 1.75. The van der Waals surface area contributed by atoms with Gasteiger partial charge in [0.1, 0.15) is 5.76 Å². The topological polar surface area (TPSA) is 58.4 Å². The molecule has 1 amide bonds. The molecule has 0 radical (unpaired) electrons. The molecule has 25 heavy (non-hydrogen) atoms. The van der Waals surface area contributed by atoms with E-state index >= 15 is 0 Å². The summed E-state index contributed by atoms with van der Waals surface area (Å²) in [4.78, 5) is 14.7. The van der Waals surface area contributed by atoms with Crippen LogP contribution in [0.5, 0.6) is 0 Å². The first-order valence-electron chi connectivity index (χ1n) is 9.21. The van der Waals surface area contributed by atoms with Crippen molar-refractivity contribution < 1.29 is 9.32 Å². The molecule has 1 atom stereocenters. The predicted octanol–water partition coefficient (Wildman–Crippen LogP) is 4.34. The van der Waals surface area contributed by atoms with E-state index in [1.165, 1.54) is 6.42 Å². The minimum atomic E-state index is 0.0709. The molecule has 2 aromatic rings. The fourth-order valence-electron chi connectivity index (χ4n) is 3.58. The summed E-state index contributed by atoms with van der Waals surface area (Å²) in [6, 6.07) is 7.85. The van der Waals surface area contributed by atoms with E-state index in [9.17, 15) is 4.79 Å². The normalized spacial score (nSPS) is 15.9. The molecular formula is C20H27N3O2. The number of nitrogens with zero attached hydrogens (tertiary/aromatic N) is 2. The Bertz CT molecular complexity index is 732. The van der Waals surface area contributed by atoms with E-state index in [0.29, 0.717) is 0 Å². The summed E-state index contributed by atoms with van der Waals surface area (Å²) in [5.41, 5.74) is 3.78. The Kier molecular flexibility index (Phi) is 5.41. The van der Waals surface area contributed by atoms with Crippen molar-refractivity contribution in [2.75, 3.05) is 18.4 Å². The Morgan fingerprint density at radius 3 is 2.80 bits per heavy atom. The molecule has 0 saturated carbocycles. The van der Waals surface area contributed by atoms with E-state index < -0.39 is 0 Å². The molecule has 1 aliphatic rings. The highest BCUT2D eigenvalue weighted by molar-refractivity contribution is 5.95. The number of likely N-dealkylation sites (tertiary alicyclic amines) is 1. The molecular weight excluding hydrogens is 314 g/mol. The molecule has 3 rings (SSSR count). The van der Waals surface area contributed by atoms with Crippen LogP contribution in [0.2, 0.25) is 0 Å². The smallest absolute Gasteiger partial charge is 0.253 e. The number of amides is 1. The molecule has 5 heteroatoms. The lowest BCUT2D eigenvalue weighted by Crippen LogP contribution is -2.35. The van der Waals surface area contributed by atoms with Crippen LogP contribution in [0.4, 0.5) is 5.69 Å². The van der Waals surface area contributed by atoms with Gasteiger partial charge in [0, 0.05) is 29.9 Å². The number of anilines is 1. The minimum absolute atomic E-state index is 0.0709. The average Bonchev–Trinajstić information content (AvgIpc) is 3.03. The van der Waals surface area contributed by atoms with Gasteiger partial charge in [-0.2, -0.15) is 0 Å². The van der Waals surface area contributed by atoms with Crippen LogP contribution in [0, 0.1) is 6.92 Å². The van der Waals surface area contributed by atoms with E-state index in [-0.39, 0.29) is 11.9 Å². The van der Waals surface area contributed by atoms with Crippen LogP contribution in [0.1, 0.15) is 66.5 Å². The highest BCUT2D eigenvalue weighted by atomic mass is 16.5. The zero-order chi connectivity index (χ0) is 17.8. The molecule has 1 fully saturated rings. The summed E-state index contributed by atoms with van der Waals surface area (Å²) in [6.07, 6.45) is 4.27. The van der Waals surface area contributed by atoms with Crippen LogP contribution in [0.25, 0.3) is 0 Å². The van der Waals surface area contributed by atoms with Crippen molar-refractivity contribution in [3.05, 3.63) is 46.8 Å². The Labute approximate surface area is 149 Å². The number of hydrogen-bond donors (Lipinski definition) is 1. The third-order valence-corrected chi connectivity index (χ3v) is 4.89. The number of carbonyl (C=O) groups excluding carboxylic acids is 1. The van der Waals surface area contributed by atoms with Crippen molar-refractivity contribution in [2.45, 2.75) is 52.5 Å². The first-order chi connectivity index (χ1) is 12.1. The van der Waals surface area contributed by atoms with Crippen molar-refractivity contribution in [2.24, 2.45) is 0 Å². The zero-order valence-electron chi connectivity index (χ0n) is 15.3. The maximum Gasteiger partial charge on any atom is 0.253 e. The van der Waals surface area contributed by atoms with E-state index in [1.807, 2.05) is 36.1 Å². The monoisotopic (exact) mass is 341 g/mol. The number of nitrogens with one attached hydrogen (secondary N) is 1. The highest BCUT2D eigenvalue weighted by Crippen LogP contribution is 2.26. The highest BCUT2D eigenvalue weighted by Gasteiger charge is 2.20. The van der Waals surface area contributed by atoms with Crippen LogP contribution in [-0.4, -0.2) is 29.1 Å². The van der Waals surface area contributed by atoms with Gasteiger partial charge in [-0.05, 0) is 57.7 Å². The molecule has 1 aromatic carbocycles. The Morgan fingerprint density at radius 1 is 1.32 bits per heavy atom. The second kappa shape index (κ2) is 7.72. The molecule has 0 bridgehead atoms. The third kappa shape index (κ3) is 3.86. The number of carbonyl (C=O) groups is 1. The molecule has 1 unspecified atom stereocenters. The van der Waals surface area contributed by atoms with Crippen LogP contribution in [-0.2, 0) is 6.42 Å². The number of piperidine rings is 1. The fourth-order valence-corrected chi connectivity index (χ4v) is 3.58. The van der Waals surface area contributed by atoms with Gasteiger partial charge in [-0.25, -0.2) is 0 Å². The molecule has 134 valence electrons. The predicted molar refractivity (Wildman–Crippen MR) is 98.9 cm³/mol. The first kappa shape index (κ1) is 17.5. The van der Waals surface area contributed by atoms with Gasteiger partial charge in [0.25, 0.3) is 5.91 Å². The Hall–Kier alpha value is -2.30. The van der Waals surface area contributed by atoms with Crippen molar-refractivity contribution >= 4 is 11.6 Å². The summed E-state index contributed by atoms with van der Waals surface area (Å²) in [5, 5.41) is 7.62. The molecule has 0 spiro atoms. The third-order valence-electron chi connectivity index (χ3n) is 4.89. The maximum absolute atomic E-state index is 12.7. The van der Waals surface area contributed by atoms with Crippen LogP contribution < -0.4 is 5.32 Å². The number of aromatic nitrogens is 1. The zero-order valence-corrected chi connectivity index (χ0v) is 15.3. The number of aryl methyl sites for hydroxylation is 2. The second-order valence-corrected chi connectivity index (χ2v) is 6.75. The van der Waals surface area contributed by atoms with Gasteiger partial charge >= 0.3 is 0 Å². The lowest BCUT2D eigenvalue weighted by atomic mass is 10.0. The van der Waals surface area contributed by atoms with Gasteiger partial charge in [-0.3, -0.25) is 4.79 Å². The van der Waals surface area contributed by atoms with Crippen molar-refractivity contribution in [3.8, 4) is 0 Å². The quantitative estimate of drug-likeness (QED) is 0.878. The van der Waals surface area contributed by atoms with Crippen LogP contribution in [0.3, 0.4) is 0 Å². The SMILES string of the molecule is CCc1noc(C)c1C(C)Nc1cccc(C(=O)N2CCCCC2)c1. The number of hydrogen-bond acceptors (Lipinski definition) is 4. The maximum atomic E-state index is 12.7. The molecule has 1 saturated heterocycles. The summed E-state index contributed by atoms with van der Waals surface area (Å²) < 4.78 is 5.34. The van der Waals surface area contributed by atoms with Gasteiger partial charge in [-0.1, -0.05) is 18.1 Å². The molecule has 1 aliphatic heterocycles. The number of benzene rings is 1. The van der Waals surface area contributed by atoms with E-state index in [0.717, 1.165) is 60.6 Å². The van der Waals surface area contributed by atoms with E-state index in [2.05, 4.69) is 24.3 Å². The fraction of sp³-hybridized carbons (Fsp3) is 0.500. The molecule has 1 N–H and O–H groups in total. The Morgan fingerprint density at radius 2 is 2.08 bits per heavy atom. The van der Waals surface area contributed by atoms with Crippen molar-refractivity contribution in [1.29, 1.82) is 0 Å². The second-order valence-electron chi connectivity index (χ2n) is 6.75. The van der Waals surface area contributed by atoms with E-state index in [4.69, 9.17) is 4.52 Å². The number of rotatable bonds is 5. The van der Waals surface area contributed by atoms with E-state index in [1.54, 1.807) is 0 Å². The van der Waals surface area contributed by atoms with Crippen molar-refractivity contribution in [1.82, 2.24) is 10.1 Å². The lowest BCUT2D eigenvalue weighted by molar-refractivity contribution is 0.0724. The molecule has 2 heterocycles. The van der Waals surface area contributed by atoms with Gasteiger partial charge in [0.15, 0.2) is 0 Å². The summed E-state index contributed by atoms with van der Waals surface area (Å²) in [6.45, 7) is 7.85. The van der Waals surface area contributed by atoms with Crippen LogP contribution in [0.15, 0.2) is 28.8 Å². The molecule has 0 aliphatic carbocycles.